The molecule has 0 amide bonds. The molecule has 0 aliphatic carbocycles. The van der Waals surface area contributed by atoms with E-state index in [1.807, 2.05) is 12.1 Å². The Kier molecular flexibility index (Phi) is 10.2. The van der Waals surface area contributed by atoms with E-state index in [9.17, 15) is 13.2 Å². The fourth-order valence-electron chi connectivity index (χ4n) is 4.07. The number of aryl methyl sites for hydroxylation is 2. The van der Waals surface area contributed by atoms with Crippen LogP contribution in [0.25, 0.3) is 0 Å². The van der Waals surface area contributed by atoms with Gasteiger partial charge in [0.2, 0.25) is 0 Å². The summed E-state index contributed by atoms with van der Waals surface area (Å²) in [4.78, 5) is 0. The summed E-state index contributed by atoms with van der Waals surface area (Å²) in [6.45, 7) is 3.00. The van der Waals surface area contributed by atoms with Gasteiger partial charge >= 0.3 is 6.18 Å². The molecule has 35 heavy (non-hydrogen) atoms. The molecule has 0 fully saturated rings. The van der Waals surface area contributed by atoms with Gasteiger partial charge < -0.3 is 10.5 Å². The van der Waals surface area contributed by atoms with Crippen LogP contribution >= 0.6 is 0 Å². The number of halogens is 3. The third kappa shape index (κ3) is 9.06. The lowest BCUT2D eigenvalue weighted by molar-refractivity contribution is -0.137. The predicted molar refractivity (Wildman–Crippen MR) is 137 cm³/mol. The predicted octanol–water partition coefficient (Wildman–Crippen LogP) is 8.08. The monoisotopic (exact) mass is 483 g/mol. The van der Waals surface area contributed by atoms with Crippen molar-refractivity contribution in [2.45, 2.75) is 70.5 Å². The lowest BCUT2D eigenvalue weighted by Gasteiger charge is -2.14. The zero-order chi connectivity index (χ0) is 25.1. The third-order valence-corrected chi connectivity index (χ3v) is 6.29. The second-order valence-corrected chi connectivity index (χ2v) is 9.15. The number of ether oxygens (including phenoxy) is 1. The Hall–Kier alpha value is -2.79. The van der Waals surface area contributed by atoms with Crippen molar-refractivity contribution >= 4 is 0 Å². The van der Waals surface area contributed by atoms with Gasteiger partial charge in [0.05, 0.1) is 12.2 Å². The number of benzene rings is 3. The van der Waals surface area contributed by atoms with Gasteiger partial charge in [0, 0.05) is 6.04 Å². The van der Waals surface area contributed by atoms with Gasteiger partial charge in [-0.2, -0.15) is 13.2 Å². The van der Waals surface area contributed by atoms with E-state index in [4.69, 9.17) is 10.5 Å². The molecule has 0 aliphatic heterocycles. The highest BCUT2D eigenvalue weighted by molar-refractivity contribution is 5.31. The Balaban J connectivity index is 1.42. The molecule has 3 aromatic rings. The van der Waals surface area contributed by atoms with Crippen molar-refractivity contribution < 1.29 is 17.9 Å². The highest BCUT2D eigenvalue weighted by Gasteiger charge is 2.30. The number of nitrogens with two attached hydrogens (primary N) is 1. The maximum absolute atomic E-state index is 12.7. The van der Waals surface area contributed by atoms with E-state index >= 15 is 0 Å². The molecule has 5 heteroatoms. The summed E-state index contributed by atoms with van der Waals surface area (Å²) in [6.07, 6.45) is 4.29. The summed E-state index contributed by atoms with van der Waals surface area (Å²) in [7, 11) is 0. The van der Waals surface area contributed by atoms with Crippen molar-refractivity contribution in [3.05, 3.63) is 101 Å². The maximum Gasteiger partial charge on any atom is 0.416 e. The van der Waals surface area contributed by atoms with Gasteiger partial charge in [0.1, 0.15) is 5.75 Å². The highest BCUT2D eigenvalue weighted by atomic mass is 19.4. The number of hydrogen-bond donors (Lipinski definition) is 1. The molecule has 3 aromatic carbocycles. The SMILES string of the molecule is CCCCCCCOc1ccc(CCc2ccc(CC(N)c3ccc(C(F)(F)F)cc3)cc2)cc1. The van der Waals surface area contributed by atoms with Gasteiger partial charge in [0.25, 0.3) is 0 Å². The Morgan fingerprint density at radius 3 is 1.83 bits per heavy atom. The van der Waals surface area contributed by atoms with E-state index < -0.39 is 11.7 Å². The van der Waals surface area contributed by atoms with E-state index in [1.165, 1.54) is 48.9 Å². The molecule has 3 rings (SSSR count). The van der Waals surface area contributed by atoms with Gasteiger partial charge in [-0.25, -0.2) is 0 Å². The van der Waals surface area contributed by atoms with Crippen LogP contribution in [0.2, 0.25) is 0 Å². The molecule has 2 nitrogen and oxygen atoms in total. The first kappa shape index (κ1) is 26.8. The average Bonchev–Trinajstić information content (AvgIpc) is 2.86. The van der Waals surface area contributed by atoms with Crippen molar-refractivity contribution in [3.63, 3.8) is 0 Å². The van der Waals surface area contributed by atoms with E-state index in [0.29, 0.717) is 12.0 Å². The standard InChI is InChI=1S/C30H36F3NO/c1-2-3-4-5-6-21-35-28-19-13-24(14-20-28)8-7-23-9-11-25(12-10-23)22-29(34)26-15-17-27(18-16-26)30(31,32)33/h9-20,29H,2-8,21-22,34H2,1H3. The number of alkyl halides is 3. The van der Waals surface area contributed by atoms with Crippen LogP contribution in [0.5, 0.6) is 5.75 Å². The minimum atomic E-state index is -4.33. The van der Waals surface area contributed by atoms with Crippen molar-refractivity contribution in [1.29, 1.82) is 0 Å². The van der Waals surface area contributed by atoms with Crippen molar-refractivity contribution in [1.82, 2.24) is 0 Å². The molecule has 1 atom stereocenters. The Morgan fingerprint density at radius 1 is 0.714 bits per heavy atom. The van der Waals surface area contributed by atoms with Gasteiger partial charge in [-0.05, 0) is 72.2 Å². The largest absolute Gasteiger partial charge is 0.494 e. The molecule has 1 unspecified atom stereocenters. The molecule has 0 radical (unpaired) electrons. The second-order valence-electron chi connectivity index (χ2n) is 9.15. The number of rotatable bonds is 13. The summed E-state index contributed by atoms with van der Waals surface area (Å²) in [5.74, 6) is 0.929. The van der Waals surface area contributed by atoms with Crippen LogP contribution in [0.4, 0.5) is 13.2 Å². The lowest BCUT2D eigenvalue weighted by atomic mass is 9.97. The zero-order valence-corrected chi connectivity index (χ0v) is 20.5. The van der Waals surface area contributed by atoms with E-state index in [1.54, 1.807) is 0 Å². The molecule has 188 valence electrons. The van der Waals surface area contributed by atoms with E-state index in [2.05, 4.69) is 43.3 Å². The normalized spacial score (nSPS) is 12.5. The molecule has 0 aliphatic rings. The lowest BCUT2D eigenvalue weighted by Crippen LogP contribution is -2.14. The first-order valence-corrected chi connectivity index (χ1v) is 12.6. The van der Waals surface area contributed by atoms with E-state index in [-0.39, 0.29) is 6.04 Å². The van der Waals surface area contributed by atoms with E-state index in [0.717, 1.165) is 49.3 Å². The molecule has 0 saturated carbocycles. The molecule has 0 heterocycles. The average molecular weight is 484 g/mol. The van der Waals surface area contributed by atoms with Crippen LogP contribution in [-0.2, 0) is 25.4 Å². The van der Waals surface area contributed by atoms with Crippen LogP contribution in [0, 0.1) is 0 Å². The molecular weight excluding hydrogens is 447 g/mol. The van der Waals surface area contributed by atoms with Crippen LogP contribution in [0.15, 0.2) is 72.8 Å². The van der Waals surface area contributed by atoms with Crippen LogP contribution in [-0.4, -0.2) is 6.61 Å². The molecule has 0 saturated heterocycles. The number of unbranched alkanes of at least 4 members (excludes halogenated alkanes) is 4. The minimum Gasteiger partial charge on any atom is -0.494 e. The molecule has 0 bridgehead atoms. The second kappa shape index (κ2) is 13.3. The van der Waals surface area contributed by atoms with Crippen molar-refractivity contribution in [2.75, 3.05) is 6.61 Å². The molecule has 0 spiro atoms. The maximum atomic E-state index is 12.7. The Morgan fingerprint density at radius 2 is 1.26 bits per heavy atom. The molecule has 0 aromatic heterocycles. The summed E-state index contributed by atoms with van der Waals surface area (Å²) in [6, 6.07) is 21.4. The smallest absolute Gasteiger partial charge is 0.416 e. The summed E-state index contributed by atoms with van der Waals surface area (Å²) < 4.78 is 44.1. The zero-order valence-electron chi connectivity index (χ0n) is 20.5. The third-order valence-electron chi connectivity index (χ3n) is 6.29. The fourth-order valence-corrected chi connectivity index (χ4v) is 4.07. The number of hydrogen-bond acceptors (Lipinski definition) is 2. The fraction of sp³-hybridized carbons (Fsp3) is 0.400. The Bertz CT molecular complexity index is 996. The quantitative estimate of drug-likeness (QED) is 0.249. The summed E-state index contributed by atoms with van der Waals surface area (Å²) >= 11 is 0. The first-order valence-electron chi connectivity index (χ1n) is 12.6. The van der Waals surface area contributed by atoms with Crippen LogP contribution in [0.3, 0.4) is 0 Å². The van der Waals surface area contributed by atoms with Gasteiger partial charge in [-0.15, -0.1) is 0 Å². The van der Waals surface area contributed by atoms with Gasteiger partial charge in [-0.1, -0.05) is 81.1 Å². The topological polar surface area (TPSA) is 35.2 Å². The summed E-state index contributed by atoms with van der Waals surface area (Å²) in [5, 5.41) is 0. The highest BCUT2D eigenvalue weighted by Crippen LogP contribution is 2.30. The molecular formula is C30H36F3NO. The minimum absolute atomic E-state index is 0.347. The van der Waals surface area contributed by atoms with Crippen LogP contribution < -0.4 is 10.5 Å². The first-order chi connectivity index (χ1) is 16.8. The van der Waals surface area contributed by atoms with Gasteiger partial charge in [0.15, 0.2) is 0 Å². The Labute approximate surface area is 207 Å². The van der Waals surface area contributed by atoms with Crippen molar-refractivity contribution in [2.24, 2.45) is 5.73 Å². The summed E-state index contributed by atoms with van der Waals surface area (Å²) in [5.41, 5.74) is 9.86. The molecule has 2 N–H and O–H groups in total. The van der Waals surface area contributed by atoms with Crippen molar-refractivity contribution in [3.8, 4) is 5.75 Å². The van der Waals surface area contributed by atoms with Crippen LogP contribution in [0.1, 0.15) is 72.9 Å². The van der Waals surface area contributed by atoms with Gasteiger partial charge in [-0.3, -0.25) is 0 Å².